The first kappa shape index (κ1) is 19.1. The molecule has 1 N–H and O–H groups in total. The number of aryl methyl sites for hydroxylation is 1. The third-order valence-corrected chi connectivity index (χ3v) is 4.19. The van der Waals surface area contributed by atoms with Gasteiger partial charge in [0.15, 0.2) is 11.7 Å². The van der Waals surface area contributed by atoms with Crippen molar-refractivity contribution in [2.24, 2.45) is 5.92 Å². The average Bonchev–Trinajstić information content (AvgIpc) is 3.02. The molecule has 25 heavy (non-hydrogen) atoms. The molecule has 0 aliphatic heterocycles. The van der Waals surface area contributed by atoms with Gasteiger partial charge >= 0.3 is 0 Å². The van der Waals surface area contributed by atoms with Gasteiger partial charge in [-0.1, -0.05) is 13.8 Å². The summed E-state index contributed by atoms with van der Waals surface area (Å²) in [4.78, 5) is 18.3. The molecule has 6 heteroatoms. The lowest BCUT2D eigenvalue weighted by molar-refractivity contribution is -0.121. The summed E-state index contributed by atoms with van der Waals surface area (Å²) in [6.45, 7) is 4.90. The van der Waals surface area contributed by atoms with Crippen molar-refractivity contribution in [3.05, 3.63) is 42.2 Å². The fraction of sp³-hybridized carbons (Fsp3) is 0.474. The number of carbonyl (C=O) groups is 1. The van der Waals surface area contributed by atoms with Gasteiger partial charge in [-0.3, -0.25) is 4.79 Å². The molecular formula is C19H26FN3O2. The van der Waals surface area contributed by atoms with E-state index in [9.17, 15) is 9.18 Å². The van der Waals surface area contributed by atoms with Crippen molar-refractivity contribution in [1.82, 2.24) is 15.2 Å². The quantitative estimate of drug-likeness (QED) is 0.797. The van der Waals surface area contributed by atoms with Crippen LogP contribution >= 0.6 is 0 Å². The number of benzene rings is 1. The summed E-state index contributed by atoms with van der Waals surface area (Å²) in [6.07, 6.45) is 2.35. The zero-order valence-corrected chi connectivity index (χ0v) is 15.3. The average molecular weight is 347 g/mol. The Morgan fingerprint density at radius 3 is 2.56 bits per heavy atom. The van der Waals surface area contributed by atoms with Crippen LogP contribution in [-0.2, 0) is 11.2 Å². The SMILES string of the molecule is CC(C)[C@@H](CNC(=O)CCc1ncc(-c2ccc(F)cc2)o1)N(C)C. The zero-order chi connectivity index (χ0) is 18.4. The molecule has 0 spiro atoms. The van der Waals surface area contributed by atoms with Gasteiger partial charge in [-0.25, -0.2) is 9.37 Å². The molecule has 136 valence electrons. The van der Waals surface area contributed by atoms with E-state index in [2.05, 4.69) is 29.0 Å². The van der Waals surface area contributed by atoms with Gasteiger partial charge in [0.2, 0.25) is 5.91 Å². The predicted octanol–water partition coefficient (Wildman–Crippen LogP) is 3.12. The first-order chi connectivity index (χ1) is 11.9. The van der Waals surface area contributed by atoms with E-state index in [1.54, 1.807) is 18.3 Å². The molecule has 0 bridgehead atoms. The summed E-state index contributed by atoms with van der Waals surface area (Å²) in [5.41, 5.74) is 0.760. The van der Waals surface area contributed by atoms with Crippen molar-refractivity contribution in [2.45, 2.75) is 32.7 Å². The molecule has 1 aromatic heterocycles. The second-order valence-corrected chi connectivity index (χ2v) is 6.70. The Morgan fingerprint density at radius 1 is 1.28 bits per heavy atom. The van der Waals surface area contributed by atoms with Crippen LogP contribution in [0, 0.1) is 11.7 Å². The van der Waals surface area contributed by atoms with Crippen molar-refractivity contribution in [2.75, 3.05) is 20.6 Å². The van der Waals surface area contributed by atoms with Crippen LogP contribution in [0.25, 0.3) is 11.3 Å². The normalized spacial score (nSPS) is 12.6. The number of carbonyl (C=O) groups excluding carboxylic acids is 1. The van der Waals surface area contributed by atoms with Gasteiger partial charge in [0.05, 0.1) is 6.20 Å². The van der Waals surface area contributed by atoms with Crippen molar-refractivity contribution in [3.8, 4) is 11.3 Å². The molecule has 0 aliphatic rings. The van der Waals surface area contributed by atoms with Crippen molar-refractivity contribution < 1.29 is 13.6 Å². The van der Waals surface area contributed by atoms with Gasteiger partial charge in [-0.2, -0.15) is 0 Å². The summed E-state index contributed by atoms with van der Waals surface area (Å²) < 4.78 is 18.6. The van der Waals surface area contributed by atoms with Gasteiger partial charge in [-0.05, 0) is 44.3 Å². The summed E-state index contributed by atoms with van der Waals surface area (Å²) in [7, 11) is 4.03. The molecule has 1 amide bonds. The highest BCUT2D eigenvalue weighted by Crippen LogP contribution is 2.21. The Hall–Kier alpha value is -2.21. The zero-order valence-electron chi connectivity index (χ0n) is 15.3. The number of rotatable bonds is 8. The van der Waals surface area contributed by atoms with Crippen LogP contribution < -0.4 is 5.32 Å². The van der Waals surface area contributed by atoms with Crippen LogP contribution in [0.3, 0.4) is 0 Å². The number of oxazole rings is 1. The van der Waals surface area contributed by atoms with Crippen LogP contribution in [0.1, 0.15) is 26.2 Å². The first-order valence-corrected chi connectivity index (χ1v) is 8.50. The molecule has 2 rings (SSSR count). The largest absolute Gasteiger partial charge is 0.441 e. The molecule has 0 unspecified atom stereocenters. The highest BCUT2D eigenvalue weighted by atomic mass is 19.1. The Kier molecular flexibility index (Phi) is 6.70. The Labute approximate surface area is 148 Å². The smallest absolute Gasteiger partial charge is 0.220 e. The topological polar surface area (TPSA) is 58.4 Å². The third kappa shape index (κ3) is 5.67. The molecule has 1 aromatic carbocycles. The molecule has 1 atom stereocenters. The minimum Gasteiger partial charge on any atom is -0.441 e. The Bertz CT molecular complexity index is 672. The summed E-state index contributed by atoms with van der Waals surface area (Å²) in [6, 6.07) is 6.33. The Morgan fingerprint density at radius 2 is 1.96 bits per heavy atom. The maximum Gasteiger partial charge on any atom is 0.220 e. The van der Waals surface area contributed by atoms with Crippen molar-refractivity contribution >= 4 is 5.91 Å². The van der Waals surface area contributed by atoms with Crippen LogP contribution in [0.2, 0.25) is 0 Å². The number of hydrogen-bond donors (Lipinski definition) is 1. The lowest BCUT2D eigenvalue weighted by Gasteiger charge is -2.28. The van der Waals surface area contributed by atoms with Crippen molar-refractivity contribution in [3.63, 3.8) is 0 Å². The monoisotopic (exact) mass is 347 g/mol. The van der Waals surface area contributed by atoms with E-state index in [1.807, 2.05) is 14.1 Å². The number of aromatic nitrogens is 1. The minimum atomic E-state index is -0.294. The van der Waals surface area contributed by atoms with Gasteiger partial charge in [0.1, 0.15) is 5.82 Å². The van der Waals surface area contributed by atoms with Crippen LogP contribution in [0.5, 0.6) is 0 Å². The van der Waals surface area contributed by atoms with Crippen LogP contribution in [0.4, 0.5) is 4.39 Å². The fourth-order valence-corrected chi connectivity index (χ4v) is 2.72. The molecule has 0 radical (unpaired) electrons. The molecule has 2 aromatic rings. The van der Waals surface area contributed by atoms with Crippen LogP contribution in [-0.4, -0.2) is 42.5 Å². The predicted molar refractivity (Wildman–Crippen MR) is 95.5 cm³/mol. The standard InChI is InChI=1S/C19H26FN3O2/c1-13(2)16(23(3)4)11-21-18(24)9-10-19-22-12-17(25-19)14-5-7-15(20)8-6-14/h5-8,12-13,16H,9-11H2,1-4H3,(H,21,24)/t16-/m1/s1. The third-order valence-electron chi connectivity index (χ3n) is 4.19. The van der Waals surface area contributed by atoms with E-state index in [0.29, 0.717) is 43.0 Å². The highest BCUT2D eigenvalue weighted by Gasteiger charge is 2.17. The molecule has 0 aliphatic carbocycles. The molecule has 5 nitrogen and oxygen atoms in total. The second-order valence-electron chi connectivity index (χ2n) is 6.70. The number of nitrogens with one attached hydrogen (secondary N) is 1. The summed E-state index contributed by atoms with van der Waals surface area (Å²) in [5.74, 6) is 1.22. The molecule has 0 saturated heterocycles. The maximum atomic E-state index is 13.0. The van der Waals surface area contributed by atoms with Gasteiger partial charge in [-0.15, -0.1) is 0 Å². The number of amides is 1. The number of halogens is 1. The minimum absolute atomic E-state index is 0.0194. The molecule has 1 heterocycles. The maximum absolute atomic E-state index is 13.0. The summed E-state index contributed by atoms with van der Waals surface area (Å²) >= 11 is 0. The van der Waals surface area contributed by atoms with E-state index in [0.717, 1.165) is 5.56 Å². The van der Waals surface area contributed by atoms with Crippen LogP contribution in [0.15, 0.2) is 34.9 Å². The fourth-order valence-electron chi connectivity index (χ4n) is 2.72. The van der Waals surface area contributed by atoms with E-state index in [4.69, 9.17) is 4.42 Å². The van der Waals surface area contributed by atoms with E-state index in [1.165, 1.54) is 12.1 Å². The van der Waals surface area contributed by atoms with Gasteiger partial charge < -0.3 is 14.6 Å². The van der Waals surface area contributed by atoms with Gasteiger partial charge in [0, 0.05) is 31.0 Å². The summed E-state index contributed by atoms with van der Waals surface area (Å²) in [5, 5.41) is 2.97. The number of likely N-dealkylation sites (N-methyl/N-ethyl adjacent to an activating group) is 1. The second kappa shape index (κ2) is 8.76. The number of hydrogen-bond acceptors (Lipinski definition) is 4. The van der Waals surface area contributed by atoms with E-state index in [-0.39, 0.29) is 11.7 Å². The van der Waals surface area contributed by atoms with E-state index < -0.39 is 0 Å². The molecular weight excluding hydrogens is 321 g/mol. The number of nitrogens with zero attached hydrogens (tertiary/aromatic N) is 2. The van der Waals surface area contributed by atoms with Gasteiger partial charge in [0.25, 0.3) is 0 Å². The lowest BCUT2D eigenvalue weighted by atomic mass is 10.0. The Balaban J connectivity index is 1.83. The molecule has 0 fully saturated rings. The molecule has 0 saturated carbocycles. The highest BCUT2D eigenvalue weighted by molar-refractivity contribution is 5.76. The lowest BCUT2D eigenvalue weighted by Crippen LogP contribution is -2.43. The first-order valence-electron chi connectivity index (χ1n) is 8.50. The van der Waals surface area contributed by atoms with Crippen molar-refractivity contribution in [1.29, 1.82) is 0 Å². The van der Waals surface area contributed by atoms with E-state index >= 15 is 0 Å².